The zero-order chi connectivity index (χ0) is 25.3. The van der Waals surface area contributed by atoms with Crippen LogP contribution in [0.3, 0.4) is 0 Å². The first-order chi connectivity index (χ1) is 14.3. The van der Waals surface area contributed by atoms with Gasteiger partial charge < -0.3 is 18.9 Å². The van der Waals surface area contributed by atoms with Crippen molar-refractivity contribution >= 4 is 11.9 Å². The zero-order valence-electron chi connectivity index (χ0n) is 22.2. The lowest BCUT2D eigenvalue weighted by Gasteiger charge is -2.29. The van der Waals surface area contributed by atoms with Gasteiger partial charge in [0, 0.05) is 36.2 Å². The Morgan fingerprint density at radius 3 is 2.39 bits per heavy atom. The fraction of sp³-hybridized carbons (Fsp3) is 0.529. The molecule has 0 spiro atoms. The van der Waals surface area contributed by atoms with Gasteiger partial charge in [-0.2, -0.15) is 0 Å². The molecule has 0 heterocycles. The first kappa shape index (κ1) is 9.15. The summed E-state index contributed by atoms with van der Waals surface area (Å²) in [5.74, 6) is -2.64. The Kier molecular flexibility index (Phi) is 3.35. The summed E-state index contributed by atoms with van der Waals surface area (Å²) in [6.07, 6.45) is -7.35. The molecule has 0 aliphatic carbocycles. The second kappa shape index (κ2) is 8.41. The summed E-state index contributed by atoms with van der Waals surface area (Å²) in [6.45, 7) is -6.07. The fourth-order valence-electron chi connectivity index (χ4n) is 1.58. The number of carbonyl (C=O) groups excluding carboxylic acids is 2. The van der Waals surface area contributed by atoms with Gasteiger partial charge in [-0.1, -0.05) is 6.07 Å². The van der Waals surface area contributed by atoms with Gasteiger partial charge in [-0.05, 0) is 24.5 Å². The highest BCUT2D eigenvalue weighted by molar-refractivity contribution is 5.67. The highest BCUT2D eigenvalue weighted by Gasteiger charge is 2.29. The molecule has 0 saturated carbocycles. The Bertz CT molecular complexity index is 869. The molecule has 1 aromatic carbocycles. The summed E-state index contributed by atoms with van der Waals surface area (Å²) in [6, 6.07) is 3.25. The van der Waals surface area contributed by atoms with E-state index in [0.717, 1.165) is 19.1 Å². The van der Waals surface area contributed by atoms with Crippen molar-refractivity contribution in [2.75, 3.05) is 20.8 Å². The lowest BCUT2D eigenvalue weighted by Crippen LogP contribution is -2.35. The molecule has 1 atom stereocenters. The van der Waals surface area contributed by atoms with E-state index in [2.05, 4.69) is 4.74 Å². The van der Waals surface area contributed by atoms with E-state index in [9.17, 15) is 9.59 Å². The second-order valence-electron chi connectivity index (χ2n) is 4.29. The first-order valence-electron chi connectivity index (χ1n) is 10.9. The van der Waals surface area contributed by atoms with E-state index in [1.165, 1.54) is 20.3 Å². The molecular weight excluding hydrogens is 300 g/mol. The number of esters is 2. The quantitative estimate of drug-likeness (QED) is 0.681. The highest BCUT2D eigenvalue weighted by atomic mass is 16.6. The molecule has 23 heavy (non-hydrogen) atoms. The molecule has 0 aliphatic heterocycles. The summed E-state index contributed by atoms with van der Waals surface area (Å²) in [7, 11) is 2.52. The van der Waals surface area contributed by atoms with Gasteiger partial charge in [0.15, 0.2) is 11.5 Å². The molecule has 128 valence electrons. The van der Waals surface area contributed by atoms with E-state index in [1.54, 1.807) is 0 Å². The van der Waals surface area contributed by atoms with E-state index in [-0.39, 0.29) is 11.5 Å². The summed E-state index contributed by atoms with van der Waals surface area (Å²) < 4.78 is 92.9. The van der Waals surface area contributed by atoms with Crippen LogP contribution in [0.5, 0.6) is 11.5 Å². The number of hydrogen-bond donors (Lipinski definition) is 0. The Hall–Kier alpha value is -2.24. The molecule has 0 amide bonds. The standard InChI is InChI=1S/C17H24O6/c1-12(18)22-9-8-17(3,23-13(2)19)11-14-6-7-15(20-4)16(10-14)21-5/h6-7,10H,8-9,11H2,1-5H3/i3D3,8D2,9D2,11D2. The minimum Gasteiger partial charge on any atom is -0.493 e. The van der Waals surface area contributed by atoms with Crippen LogP contribution in [0.2, 0.25) is 0 Å². The lowest BCUT2D eigenvalue weighted by molar-refractivity contribution is -0.158. The number of benzene rings is 1. The van der Waals surface area contributed by atoms with Gasteiger partial charge in [0.2, 0.25) is 0 Å². The number of carbonyl (C=O) groups is 2. The van der Waals surface area contributed by atoms with Crippen LogP contribution in [0, 0.1) is 0 Å². The Balaban J connectivity index is 4.07. The summed E-state index contributed by atoms with van der Waals surface area (Å²) in [4.78, 5) is 23.3. The minimum absolute atomic E-state index is 0.0558. The van der Waals surface area contributed by atoms with Gasteiger partial charge in [-0.3, -0.25) is 9.59 Å². The predicted molar refractivity (Wildman–Crippen MR) is 84.7 cm³/mol. The van der Waals surface area contributed by atoms with Crippen molar-refractivity contribution in [3.63, 3.8) is 0 Å². The molecule has 0 aromatic heterocycles. The van der Waals surface area contributed by atoms with Crippen LogP contribution >= 0.6 is 0 Å². The third-order valence-electron chi connectivity index (χ3n) is 2.42. The van der Waals surface area contributed by atoms with Gasteiger partial charge in [0.1, 0.15) is 5.60 Å². The average molecular weight is 333 g/mol. The number of methoxy groups -OCH3 is 2. The number of rotatable bonds is 8. The summed E-state index contributed by atoms with van der Waals surface area (Å²) >= 11 is 0. The molecule has 6 heteroatoms. The molecule has 0 aliphatic rings. The smallest absolute Gasteiger partial charge is 0.303 e. The zero-order valence-corrected chi connectivity index (χ0v) is 13.2. The van der Waals surface area contributed by atoms with Crippen LogP contribution in [0.4, 0.5) is 0 Å². The molecule has 0 saturated heterocycles. The molecule has 0 N–H and O–H groups in total. The molecule has 0 bridgehead atoms. The predicted octanol–water partition coefficient (Wildman–Crippen LogP) is 2.52. The fourth-order valence-corrected chi connectivity index (χ4v) is 1.58. The Morgan fingerprint density at radius 1 is 1.17 bits per heavy atom. The van der Waals surface area contributed by atoms with Crippen LogP contribution in [-0.2, 0) is 25.4 Å². The minimum atomic E-state index is -3.93. The molecule has 1 rings (SSSR count). The van der Waals surface area contributed by atoms with Gasteiger partial charge in [0.25, 0.3) is 0 Å². The maximum atomic E-state index is 11.9. The van der Waals surface area contributed by atoms with Crippen molar-refractivity contribution in [1.82, 2.24) is 0 Å². The van der Waals surface area contributed by atoms with Crippen molar-refractivity contribution < 1.29 is 40.9 Å². The second-order valence-corrected chi connectivity index (χ2v) is 4.29. The molecular formula is C17H24O6. The van der Waals surface area contributed by atoms with Crippen molar-refractivity contribution in [3.8, 4) is 11.5 Å². The van der Waals surface area contributed by atoms with Crippen molar-refractivity contribution in [2.24, 2.45) is 0 Å². The van der Waals surface area contributed by atoms with Gasteiger partial charge >= 0.3 is 11.9 Å². The SMILES string of the molecule is [2H]C([2H])([2H])C(OC(C)=O)(C([2H])([2H])c1ccc(OC)c(OC)c1)C([2H])([2H])C([2H])([2H])OC(C)=O. The van der Waals surface area contributed by atoms with E-state index < -0.39 is 49.3 Å². The lowest BCUT2D eigenvalue weighted by atomic mass is 9.93. The van der Waals surface area contributed by atoms with E-state index in [1.807, 2.05) is 0 Å². The molecule has 6 nitrogen and oxygen atoms in total. The number of hydrogen-bond acceptors (Lipinski definition) is 6. The molecule has 0 fully saturated rings. The van der Waals surface area contributed by atoms with Crippen LogP contribution in [-0.4, -0.2) is 38.3 Å². The van der Waals surface area contributed by atoms with Crippen LogP contribution in [0.25, 0.3) is 0 Å². The van der Waals surface area contributed by atoms with Crippen LogP contribution < -0.4 is 9.47 Å². The third-order valence-corrected chi connectivity index (χ3v) is 2.42. The van der Waals surface area contributed by atoms with Gasteiger partial charge in [-0.15, -0.1) is 0 Å². The molecule has 1 unspecified atom stereocenters. The number of ether oxygens (including phenoxy) is 4. The van der Waals surface area contributed by atoms with E-state index >= 15 is 0 Å². The van der Waals surface area contributed by atoms with Crippen molar-refractivity contribution in [1.29, 1.82) is 0 Å². The highest BCUT2D eigenvalue weighted by Crippen LogP contribution is 2.30. The average Bonchev–Trinajstić information content (AvgIpc) is 2.62. The monoisotopic (exact) mass is 333 g/mol. The van der Waals surface area contributed by atoms with Crippen LogP contribution in [0.1, 0.15) is 45.0 Å². The van der Waals surface area contributed by atoms with Crippen LogP contribution in [0.15, 0.2) is 18.2 Å². The van der Waals surface area contributed by atoms with Crippen molar-refractivity contribution in [2.45, 2.75) is 39.0 Å². The first-order valence-corrected chi connectivity index (χ1v) is 6.44. The molecule has 0 radical (unpaired) electrons. The summed E-state index contributed by atoms with van der Waals surface area (Å²) in [5.41, 5.74) is -4.35. The Morgan fingerprint density at radius 2 is 1.87 bits per heavy atom. The van der Waals surface area contributed by atoms with Gasteiger partial charge in [0.05, 0.1) is 23.5 Å². The normalized spacial score (nSPS) is 21.1. The largest absolute Gasteiger partial charge is 0.493 e. The molecule has 1 aromatic rings. The Labute approximate surface area is 149 Å². The van der Waals surface area contributed by atoms with E-state index in [0.29, 0.717) is 6.92 Å². The third kappa shape index (κ3) is 6.18. The maximum Gasteiger partial charge on any atom is 0.303 e. The van der Waals surface area contributed by atoms with E-state index in [4.69, 9.17) is 26.5 Å². The topological polar surface area (TPSA) is 71.1 Å². The maximum absolute atomic E-state index is 11.9. The summed E-state index contributed by atoms with van der Waals surface area (Å²) in [5, 5.41) is 0. The van der Waals surface area contributed by atoms with Gasteiger partial charge in [-0.25, -0.2) is 0 Å². The van der Waals surface area contributed by atoms with Crippen molar-refractivity contribution in [3.05, 3.63) is 23.8 Å².